The van der Waals surface area contributed by atoms with Crippen LogP contribution in [0.25, 0.3) is 0 Å². The van der Waals surface area contributed by atoms with Crippen molar-refractivity contribution in [2.24, 2.45) is 0 Å². The van der Waals surface area contributed by atoms with Gasteiger partial charge in [-0.25, -0.2) is 4.98 Å². The standard InChI is InChI=1S/C8H9BrClN3O2/c9-4-1-11-8(10)12-7(4)13-2-5(14)6(15)3-13/h1,5-6,14-15H,2-3H2. The van der Waals surface area contributed by atoms with Gasteiger partial charge in [-0.15, -0.1) is 0 Å². The molecule has 2 unspecified atom stereocenters. The van der Waals surface area contributed by atoms with Gasteiger partial charge in [-0.1, -0.05) is 0 Å². The van der Waals surface area contributed by atoms with Crippen LogP contribution in [0.5, 0.6) is 0 Å². The van der Waals surface area contributed by atoms with Gasteiger partial charge in [-0.2, -0.15) is 4.98 Å². The summed E-state index contributed by atoms with van der Waals surface area (Å²) in [6.45, 7) is 0.681. The Morgan fingerprint density at radius 2 is 2.00 bits per heavy atom. The lowest BCUT2D eigenvalue weighted by molar-refractivity contribution is 0.0572. The molecule has 7 heteroatoms. The molecule has 2 rings (SSSR count). The van der Waals surface area contributed by atoms with Crippen molar-refractivity contribution in [1.82, 2.24) is 9.97 Å². The molecule has 1 fully saturated rings. The van der Waals surface area contributed by atoms with Gasteiger partial charge in [0.2, 0.25) is 5.28 Å². The van der Waals surface area contributed by atoms with Crippen LogP contribution in [0.15, 0.2) is 10.7 Å². The summed E-state index contributed by atoms with van der Waals surface area (Å²) in [7, 11) is 0. The fourth-order valence-electron chi connectivity index (χ4n) is 1.50. The molecule has 0 aromatic carbocycles. The normalized spacial score (nSPS) is 26.0. The number of rotatable bonds is 1. The molecule has 1 aliphatic rings. The minimum Gasteiger partial charge on any atom is -0.389 e. The summed E-state index contributed by atoms with van der Waals surface area (Å²) in [6.07, 6.45) is 0.0538. The molecule has 2 N–H and O–H groups in total. The Labute approximate surface area is 99.8 Å². The molecule has 5 nitrogen and oxygen atoms in total. The van der Waals surface area contributed by atoms with E-state index in [1.54, 1.807) is 11.1 Å². The van der Waals surface area contributed by atoms with E-state index in [-0.39, 0.29) is 5.28 Å². The van der Waals surface area contributed by atoms with Gasteiger partial charge in [0.05, 0.1) is 16.7 Å². The van der Waals surface area contributed by atoms with Crippen LogP contribution >= 0.6 is 27.5 Å². The zero-order chi connectivity index (χ0) is 11.0. The SMILES string of the molecule is OC1CN(c2nc(Cl)ncc2Br)CC1O. The zero-order valence-corrected chi connectivity index (χ0v) is 9.98. The van der Waals surface area contributed by atoms with Crippen molar-refractivity contribution in [3.05, 3.63) is 16.0 Å². The average Bonchev–Trinajstić information content (AvgIpc) is 2.51. The number of β-amino-alcohol motifs (C(OH)–C–C–N with tert-alkyl or cyclic N) is 2. The quantitative estimate of drug-likeness (QED) is 0.735. The highest BCUT2D eigenvalue weighted by atomic mass is 79.9. The van der Waals surface area contributed by atoms with Gasteiger partial charge in [0.15, 0.2) is 0 Å². The van der Waals surface area contributed by atoms with Crippen molar-refractivity contribution in [1.29, 1.82) is 0 Å². The third-order valence-corrected chi connectivity index (χ3v) is 3.00. The molecule has 2 atom stereocenters. The third-order valence-electron chi connectivity index (χ3n) is 2.25. The number of aliphatic hydroxyl groups is 2. The first-order chi connectivity index (χ1) is 7.08. The van der Waals surface area contributed by atoms with Crippen LogP contribution in [0.1, 0.15) is 0 Å². The first-order valence-electron chi connectivity index (χ1n) is 4.37. The van der Waals surface area contributed by atoms with E-state index < -0.39 is 12.2 Å². The highest BCUT2D eigenvalue weighted by Crippen LogP contribution is 2.27. The Kier molecular flexibility index (Phi) is 3.11. The Morgan fingerprint density at radius 3 is 2.60 bits per heavy atom. The Bertz CT molecular complexity index is 369. The Balaban J connectivity index is 2.27. The predicted molar refractivity (Wildman–Crippen MR) is 59.0 cm³/mol. The van der Waals surface area contributed by atoms with Crippen LogP contribution < -0.4 is 4.90 Å². The summed E-state index contributed by atoms with van der Waals surface area (Å²) in [5.74, 6) is 0.589. The molecule has 1 aliphatic heterocycles. The van der Waals surface area contributed by atoms with E-state index in [1.807, 2.05) is 0 Å². The second-order valence-corrected chi connectivity index (χ2v) is 4.54. The van der Waals surface area contributed by atoms with Crippen LogP contribution in [-0.2, 0) is 0 Å². The molecule has 15 heavy (non-hydrogen) atoms. The lowest BCUT2D eigenvalue weighted by atomic mass is 10.3. The molecule has 0 spiro atoms. The number of aliphatic hydroxyl groups excluding tert-OH is 2. The summed E-state index contributed by atoms with van der Waals surface area (Å²) in [6, 6.07) is 0. The van der Waals surface area contributed by atoms with Gasteiger partial charge < -0.3 is 15.1 Å². The van der Waals surface area contributed by atoms with E-state index in [0.717, 1.165) is 0 Å². The van der Waals surface area contributed by atoms with Crippen LogP contribution in [0, 0.1) is 0 Å². The van der Waals surface area contributed by atoms with Crippen molar-refractivity contribution in [3.63, 3.8) is 0 Å². The number of anilines is 1. The number of halogens is 2. The number of nitrogens with zero attached hydrogens (tertiary/aromatic N) is 3. The fourth-order valence-corrected chi connectivity index (χ4v) is 2.07. The molecular weight excluding hydrogens is 285 g/mol. The number of aromatic nitrogens is 2. The minimum absolute atomic E-state index is 0.143. The molecule has 2 heterocycles. The summed E-state index contributed by atoms with van der Waals surface area (Å²) in [5.41, 5.74) is 0. The topological polar surface area (TPSA) is 69.5 Å². The summed E-state index contributed by atoms with van der Waals surface area (Å²) in [5, 5.41) is 19.0. The Morgan fingerprint density at radius 1 is 1.40 bits per heavy atom. The summed E-state index contributed by atoms with van der Waals surface area (Å²) >= 11 is 8.97. The van der Waals surface area contributed by atoms with Gasteiger partial charge in [-0.3, -0.25) is 0 Å². The maximum Gasteiger partial charge on any atom is 0.224 e. The highest BCUT2D eigenvalue weighted by molar-refractivity contribution is 9.10. The van der Waals surface area contributed by atoms with Crippen molar-refractivity contribution >= 4 is 33.3 Å². The van der Waals surface area contributed by atoms with E-state index in [9.17, 15) is 10.2 Å². The van der Waals surface area contributed by atoms with Gasteiger partial charge in [0.25, 0.3) is 0 Å². The first kappa shape index (κ1) is 11.1. The first-order valence-corrected chi connectivity index (χ1v) is 5.54. The second kappa shape index (κ2) is 4.21. The van der Waals surface area contributed by atoms with Crippen molar-refractivity contribution in [2.45, 2.75) is 12.2 Å². The highest BCUT2D eigenvalue weighted by Gasteiger charge is 2.31. The van der Waals surface area contributed by atoms with E-state index in [1.165, 1.54) is 0 Å². The smallest absolute Gasteiger partial charge is 0.224 e. The summed E-state index contributed by atoms with van der Waals surface area (Å²) < 4.78 is 0.688. The molecule has 0 bridgehead atoms. The molecule has 1 saturated heterocycles. The van der Waals surface area contributed by atoms with Crippen LogP contribution in [0.3, 0.4) is 0 Å². The van der Waals surface area contributed by atoms with Gasteiger partial charge in [-0.05, 0) is 27.5 Å². The molecule has 1 aromatic rings. The van der Waals surface area contributed by atoms with Crippen molar-refractivity contribution < 1.29 is 10.2 Å². The van der Waals surface area contributed by atoms with Gasteiger partial charge in [0, 0.05) is 19.3 Å². The predicted octanol–water partition coefficient (Wildman–Crippen LogP) is 0.434. The number of hydrogen-bond donors (Lipinski definition) is 2. The monoisotopic (exact) mass is 293 g/mol. The van der Waals surface area contributed by atoms with Crippen molar-refractivity contribution in [2.75, 3.05) is 18.0 Å². The van der Waals surface area contributed by atoms with Crippen molar-refractivity contribution in [3.8, 4) is 0 Å². The Hall–Kier alpha value is -0.430. The third kappa shape index (κ3) is 2.23. The molecule has 0 amide bonds. The van der Waals surface area contributed by atoms with E-state index in [0.29, 0.717) is 23.4 Å². The van der Waals surface area contributed by atoms with Crippen LogP contribution in [-0.4, -0.2) is 45.5 Å². The zero-order valence-electron chi connectivity index (χ0n) is 7.64. The minimum atomic E-state index is -0.745. The number of hydrogen-bond acceptors (Lipinski definition) is 5. The largest absolute Gasteiger partial charge is 0.389 e. The molecular formula is C8H9BrClN3O2. The van der Waals surface area contributed by atoms with E-state index in [4.69, 9.17) is 11.6 Å². The van der Waals surface area contributed by atoms with Crippen LogP contribution in [0.2, 0.25) is 5.28 Å². The van der Waals surface area contributed by atoms with E-state index >= 15 is 0 Å². The van der Waals surface area contributed by atoms with Crippen LogP contribution in [0.4, 0.5) is 5.82 Å². The molecule has 82 valence electrons. The maximum absolute atomic E-state index is 9.41. The lowest BCUT2D eigenvalue weighted by Gasteiger charge is -2.17. The fraction of sp³-hybridized carbons (Fsp3) is 0.500. The van der Waals surface area contributed by atoms with E-state index in [2.05, 4.69) is 25.9 Å². The van der Waals surface area contributed by atoms with Gasteiger partial charge >= 0.3 is 0 Å². The second-order valence-electron chi connectivity index (χ2n) is 3.35. The molecule has 0 radical (unpaired) electrons. The maximum atomic E-state index is 9.41. The summed E-state index contributed by atoms with van der Waals surface area (Å²) in [4.78, 5) is 9.60. The molecule has 1 aromatic heterocycles. The molecule has 0 aliphatic carbocycles. The molecule has 0 saturated carbocycles. The van der Waals surface area contributed by atoms with Gasteiger partial charge in [0.1, 0.15) is 5.82 Å². The lowest BCUT2D eigenvalue weighted by Crippen LogP contribution is -2.22. The average molecular weight is 295 g/mol.